The summed E-state index contributed by atoms with van der Waals surface area (Å²) < 4.78 is 19.4. The number of nitrogens with one attached hydrogen (secondary N) is 1. The highest BCUT2D eigenvalue weighted by Gasteiger charge is 2.21. The SMILES string of the molecule is Cc1ccc(NC(=O)[C@@H](C)OC(=O)c2cc3cc([N+](=O)[O-])ccc3s2)cc1F. The number of non-ortho nitro benzene ring substituents is 1. The van der Waals surface area contributed by atoms with Gasteiger partial charge in [0, 0.05) is 27.9 Å². The molecule has 0 fully saturated rings. The number of amides is 1. The van der Waals surface area contributed by atoms with E-state index in [2.05, 4.69) is 5.32 Å². The van der Waals surface area contributed by atoms with Crippen molar-refractivity contribution in [2.75, 3.05) is 5.32 Å². The predicted molar refractivity (Wildman–Crippen MR) is 103 cm³/mol. The number of benzene rings is 2. The number of hydrogen-bond acceptors (Lipinski definition) is 6. The number of fused-ring (bicyclic) bond motifs is 1. The molecule has 28 heavy (non-hydrogen) atoms. The smallest absolute Gasteiger partial charge is 0.349 e. The van der Waals surface area contributed by atoms with E-state index in [0.29, 0.717) is 15.6 Å². The van der Waals surface area contributed by atoms with E-state index in [9.17, 15) is 24.1 Å². The fourth-order valence-electron chi connectivity index (χ4n) is 2.43. The van der Waals surface area contributed by atoms with Gasteiger partial charge in [-0.05, 0) is 43.7 Å². The minimum Gasteiger partial charge on any atom is -0.448 e. The van der Waals surface area contributed by atoms with Gasteiger partial charge in [0.25, 0.3) is 11.6 Å². The zero-order valence-corrected chi connectivity index (χ0v) is 15.7. The summed E-state index contributed by atoms with van der Waals surface area (Å²) in [6.07, 6.45) is -1.11. The lowest BCUT2D eigenvalue weighted by atomic mass is 10.2. The highest BCUT2D eigenvalue weighted by atomic mass is 32.1. The Morgan fingerprint density at radius 2 is 1.96 bits per heavy atom. The van der Waals surface area contributed by atoms with Gasteiger partial charge < -0.3 is 10.1 Å². The van der Waals surface area contributed by atoms with Crippen molar-refractivity contribution in [1.29, 1.82) is 0 Å². The van der Waals surface area contributed by atoms with E-state index >= 15 is 0 Å². The van der Waals surface area contributed by atoms with Crippen molar-refractivity contribution in [2.24, 2.45) is 0 Å². The minimum absolute atomic E-state index is 0.0803. The number of thiophene rings is 1. The molecule has 0 spiro atoms. The van der Waals surface area contributed by atoms with Gasteiger partial charge in [0.1, 0.15) is 10.7 Å². The third kappa shape index (κ3) is 4.15. The summed E-state index contributed by atoms with van der Waals surface area (Å²) in [6, 6.07) is 10.0. The van der Waals surface area contributed by atoms with Crippen molar-refractivity contribution in [3.8, 4) is 0 Å². The second-order valence-electron chi connectivity index (χ2n) is 6.09. The number of esters is 1. The quantitative estimate of drug-likeness (QED) is 0.386. The van der Waals surface area contributed by atoms with E-state index in [1.54, 1.807) is 19.1 Å². The summed E-state index contributed by atoms with van der Waals surface area (Å²) in [5, 5.41) is 13.9. The van der Waals surface area contributed by atoms with Gasteiger partial charge in [0.15, 0.2) is 6.10 Å². The molecule has 1 atom stereocenters. The predicted octanol–water partition coefficient (Wildman–Crippen LogP) is 4.44. The average molecular weight is 402 g/mol. The van der Waals surface area contributed by atoms with Crippen LogP contribution in [0.5, 0.6) is 0 Å². The highest BCUT2D eigenvalue weighted by Crippen LogP contribution is 2.29. The Balaban J connectivity index is 1.69. The maximum absolute atomic E-state index is 13.6. The van der Waals surface area contributed by atoms with E-state index in [1.807, 2.05) is 0 Å². The van der Waals surface area contributed by atoms with E-state index in [1.165, 1.54) is 37.3 Å². The lowest BCUT2D eigenvalue weighted by Crippen LogP contribution is -2.29. The second-order valence-corrected chi connectivity index (χ2v) is 7.17. The second kappa shape index (κ2) is 7.73. The molecule has 0 bridgehead atoms. The Labute approximate surface area is 162 Å². The van der Waals surface area contributed by atoms with Crippen molar-refractivity contribution in [1.82, 2.24) is 0 Å². The Bertz CT molecular complexity index is 1100. The maximum Gasteiger partial charge on any atom is 0.349 e. The number of anilines is 1. The zero-order valence-electron chi connectivity index (χ0n) is 14.9. The summed E-state index contributed by atoms with van der Waals surface area (Å²) in [7, 11) is 0. The van der Waals surface area contributed by atoms with Gasteiger partial charge in [-0.3, -0.25) is 14.9 Å². The molecule has 1 N–H and O–H groups in total. The van der Waals surface area contributed by atoms with Gasteiger partial charge >= 0.3 is 5.97 Å². The third-order valence-corrected chi connectivity index (χ3v) is 5.10. The Hall–Kier alpha value is -3.33. The molecule has 1 amide bonds. The molecule has 0 unspecified atom stereocenters. The highest BCUT2D eigenvalue weighted by molar-refractivity contribution is 7.20. The van der Waals surface area contributed by atoms with Crippen molar-refractivity contribution >= 4 is 44.7 Å². The van der Waals surface area contributed by atoms with E-state index in [-0.39, 0.29) is 16.3 Å². The maximum atomic E-state index is 13.6. The van der Waals surface area contributed by atoms with Gasteiger partial charge in [-0.1, -0.05) is 6.07 Å². The van der Waals surface area contributed by atoms with Crippen molar-refractivity contribution in [3.05, 3.63) is 68.8 Å². The molecule has 7 nitrogen and oxygen atoms in total. The molecule has 3 rings (SSSR count). The van der Waals surface area contributed by atoms with Gasteiger partial charge in [0.2, 0.25) is 0 Å². The van der Waals surface area contributed by atoms with Crippen LogP contribution in [-0.4, -0.2) is 22.9 Å². The lowest BCUT2D eigenvalue weighted by molar-refractivity contribution is -0.384. The molecule has 0 aliphatic heterocycles. The number of nitro benzene ring substituents is 1. The molecule has 1 heterocycles. The molecule has 1 aromatic heterocycles. The largest absolute Gasteiger partial charge is 0.448 e. The summed E-state index contributed by atoms with van der Waals surface area (Å²) in [4.78, 5) is 35.0. The fourth-order valence-corrected chi connectivity index (χ4v) is 3.36. The van der Waals surface area contributed by atoms with Crippen molar-refractivity contribution in [3.63, 3.8) is 0 Å². The number of carbonyl (C=O) groups is 2. The normalized spacial score (nSPS) is 11.8. The summed E-state index contributed by atoms with van der Waals surface area (Å²) >= 11 is 1.11. The Kier molecular flexibility index (Phi) is 5.36. The number of carbonyl (C=O) groups excluding carboxylic acids is 2. The van der Waals surface area contributed by atoms with Gasteiger partial charge in [0.05, 0.1) is 4.92 Å². The minimum atomic E-state index is -1.11. The van der Waals surface area contributed by atoms with Crippen LogP contribution in [0.2, 0.25) is 0 Å². The van der Waals surface area contributed by atoms with Crippen LogP contribution >= 0.6 is 11.3 Å². The molecular weight excluding hydrogens is 387 g/mol. The molecule has 0 aliphatic rings. The lowest BCUT2D eigenvalue weighted by Gasteiger charge is -2.13. The zero-order chi connectivity index (χ0) is 20.4. The molecule has 0 aliphatic carbocycles. The van der Waals surface area contributed by atoms with Crippen LogP contribution in [-0.2, 0) is 9.53 Å². The standard InChI is InChI=1S/C19H15FN2O5S/c1-10-3-4-13(9-15(10)20)21-18(23)11(2)27-19(24)17-8-12-7-14(22(25)26)5-6-16(12)28-17/h3-9,11H,1-2H3,(H,21,23)/t11-/m1/s1. The summed E-state index contributed by atoms with van der Waals surface area (Å²) in [6.45, 7) is 3.00. The van der Waals surface area contributed by atoms with Gasteiger partial charge in [-0.25, -0.2) is 9.18 Å². The van der Waals surface area contributed by atoms with Crippen molar-refractivity contribution in [2.45, 2.75) is 20.0 Å². The van der Waals surface area contributed by atoms with Crippen LogP contribution < -0.4 is 5.32 Å². The first kappa shape index (κ1) is 19.4. The number of aryl methyl sites for hydroxylation is 1. The first-order chi connectivity index (χ1) is 13.2. The van der Waals surface area contributed by atoms with Crippen LogP contribution in [0.15, 0.2) is 42.5 Å². The Morgan fingerprint density at radius 3 is 2.64 bits per heavy atom. The molecular formula is C19H15FN2O5S. The topological polar surface area (TPSA) is 98.5 Å². The monoisotopic (exact) mass is 402 g/mol. The molecule has 2 aromatic carbocycles. The number of rotatable bonds is 5. The molecule has 0 radical (unpaired) electrons. The van der Waals surface area contributed by atoms with Crippen LogP contribution in [0, 0.1) is 22.9 Å². The van der Waals surface area contributed by atoms with Gasteiger partial charge in [-0.2, -0.15) is 0 Å². The average Bonchev–Trinajstić information content (AvgIpc) is 3.08. The molecule has 144 valence electrons. The van der Waals surface area contributed by atoms with E-state index in [4.69, 9.17) is 4.74 Å². The van der Waals surface area contributed by atoms with E-state index < -0.39 is 28.7 Å². The molecule has 9 heteroatoms. The third-order valence-electron chi connectivity index (χ3n) is 4.00. The van der Waals surface area contributed by atoms with Crippen LogP contribution in [0.1, 0.15) is 22.2 Å². The van der Waals surface area contributed by atoms with Crippen LogP contribution in [0.3, 0.4) is 0 Å². The summed E-state index contributed by atoms with van der Waals surface area (Å²) in [5.41, 5.74) is 0.621. The van der Waals surface area contributed by atoms with Crippen LogP contribution in [0.4, 0.5) is 15.8 Å². The number of nitro groups is 1. The van der Waals surface area contributed by atoms with Crippen molar-refractivity contribution < 1.29 is 23.6 Å². The van der Waals surface area contributed by atoms with E-state index in [0.717, 1.165) is 11.3 Å². The first-order valence-electron chi connectivity index (χ1n) is 8.20. The molecule has 0 saturated heterocycles. The van der Waals surface area contributed by atoms with Crippen LogP contribution in [0.25, 0.3) is 10.1 Å². The number of ether oxygens (including phenoxy) is 1. The molecule has 0 saturated carbocycles. The fraction of sp³-hybridized carbons (Fsp3) is 0.158. The molecule has 3 aromatic rings. The number of nitrogens with zero attached hydrogens (tertiary/aromatic N) is 1. The Morgan fingerprint density at radius 1 is 1.21 bits per heavy atom. The summed E-state index contributed by atoms with van der Waals surface area (Å²) in [5.74, 6) is -1.78. The first-order valence-corrected chi connectivity index (χ1v) is 9.02. The van der Waals surface area contributed by atoms with Gasteiger partial charge in [-0.15, -0.1) is 11.3 Å². The number of halogens is 1. The number of hydrogen-bond donors (Lipinski definition) is 1.